The van der Waals surface area contributed by atoms with E-state index in [-0.39, 0.29) is 5.91 Å². The van der Waals surface area contributed by atoms with Crippen LogP contribution < -0.4 is 9.80 Å². The zero-order valence-corrected chi connectivity index (χ0v) is 15.1. The molecule has 6 nitrogen and oxygen atoms in total. The number of rotatable bonds is 2. The molecule has 0 spiro atoms. The smallest absolute Gasteiger partial charge is 0.252 e. The van der Waals surface area contributed by atoms with E-state index in [1.807, 2.05) is 36.2 Å². The Bertz CT molecular complexity index is 982. The van der Waals surface area contributed by atoms with Gasteiger partial charge in [0, 0.05) is 26.2 Å². The fraction of sp³-hybridized carbons (Fsp3) is 0.167. The number of carbonyl (C=O) groups is 1. The predicted octanol–water partition coefficient (Wildman–Crippen LogP) is 3.48. The highest BCUT2D eigenvalue weighted by Gasteiger charge is 2.27. The van der Waals surface area contributed by atoms with E-state index in [9.17, 15) is 4.79 Å². The van der Waals surface area contributed by atoms with Crippen LogP contribution in [-0.4, -0.2) is 36.0 Å². The van der Waals surface area contributed by atoms with Crippen molar-refractivity contribution in [3.8, 4) is 0 Å². The van der Waals surface area contributed by atoms with E-state index < -0.39 is 0 Å². The van der Waals surface area contributed by atoms with Gasteiger partial charge >= 0.3 is 0 Å². The van der Waals surface area contributed by atoms with Crippen molar-refractivity contribution in [2.45, 2.75) is 0 Å². The molecule has 1 aliphatic rings. The molecule has 3 aromatic rings. The van der Waals surface area contributed by atoms with Crippen molar-refractivity contribution in [1.82, 2.24) is 9.97 Å². The van der Waals surface area contributed by atoms with E-state index in [1.54, 1.807) is 23.1 Å². The molecule has 0 fully saturated rings. The van der Waals surface area contributed by atoms with Crippen LogP contribution in [0, 0.1) is 0 Å². The van der Waals surface area contributed by atoms with Crippen molar-refractivity contribution in [2.75, 3.05) is 29.9 Å². The number of halogens is 1. The lowest BCUT2D eigenvalue weighted by Gasteiger charge is -2.33. The number of hydrogen-bond acceptors (Lipinski definition) is 5. The third-order valence-electron chi connectivity index (χ3n) is 4.06. The average molecular weight is 399 g/mol. The Hall–Kier alpha value is -2.67. The highest BCUT2D eigenvalue weighted by Crippen LogP contribution is 2.30. The molecule has 0 aliphatic carbocycles. The van der Waals surface area contributed by atoms with Gasteiger partial charge in [-0.2, -0.15) is 0 Å². The van der Waals surface area contributed by atoms with Crippen LogP contribution >= 0.6 is 15.9 Å². The lowest BCUT2D eigenvalue weighted by Crippen LogP contribution is -2.43. The van der Waals surface area contributed by atoms with Gasteiger partial charge in [0.25, 0.3) is 5.91 Å². The maximum atomic E-state index is 12.7. The second-order valence-corrected chi connectivity index (χ2v) is 6.53. The minimum atomic E-state index is -0.147. The Balaban J connectivity index is 1.69. The molecule has 25 heavy (non-hydrogen) atoms. The van der Waals surface area contributed by atoms with Crippen LogP contribution in [0.3, 0.4) is 0 Å². The number of aromatic nitrogens is 2. The molecule has 0 saturated carbocycles. The fourth-order valence-electron chi connectivity index (χ4n) is 2.76. The third kappa shape index (κ3) is 3.02. The maximum absolute atomic E-state index is 12.7. The normalized spacial score (nSPS) is 14.3. The topological polar surface area (TPSA) is 62.5 Å². The number of hydrogen-bond donors (Lipinski definition) is 0. The molecular formula is C18H15BrN4O2. The number of para-hydroxylation sites is 2. The lowest BCUT2D eigenvalue weighted by molar-refractivity contribution is -0.114. The van der Waals surface area contributed by atoms with Crippen LogP contribution in [0.25, 0.3) is 17.1 Å². The Morgan fingerprint density at radius 2 is 1.84 bits per heavy atom. The quantitative estimate of drug-likeness (QED) is 0.618. The minimum absolute atomic E-state index is 0.147. The van der Waals surface area contributed by atoms with Crippen LogP contribution in [0.2, 0.25) is 0 Å². The summed E-state index contributed by atoms with van der Waals surface area (Å²) in [6, 6.07) is 11.2. The summed E-state index contributed by atoms with van der Waals surface area (Å²) in [6.07, 6.45) is 3.15. The molecule has 0 bridgehead atoms. The number of benzene rings is 1. The largest absolute Gasteiger partial charge is 0.450 e. The first kappa shape index (κ1) is 15.8. The summed E-state index contributed by atoms with van der Waals surface area (Å²) in [5, 5.41) is 0. The number of carbonyl (C=O) groups excluding carboxylic acids is 1. The zero-order valence-electron chi connectivity index (χ0n) is 13.5. The maximum Gasteiger partial charge on any atom is 0.252 e. The van der Waals surface area contributed by atoms with E-state index in [1.165, 1.54) is 6.08 Å². The van der Waals surface area contributed by atoms with E-state index in [4.69, 9.17) is 4.42 Å². The number of likely N-dealkylation sites (N-methyl/N-ethyl adjacent to an activating group) is 1. The Kier molecular flexibility index (Phi) is 4.01. The van der Waals surface area contributed by atoms with Gasteiger partial charge in [0.1, 0.15) is 5.76 Å². The first-order valence-electron chi connectivity index (χ1n) is 7.84. The molecule has 7 heteroatoms. The summed E-state index contributed by atoms with van der Waals surface area (Å²) in [5.41, 5.74) is 1.59. The number of furan rings is 1. The van der Waals surface area contributed by atoms with Gasteiger partial charge in [-0.05, 0) is 46.3 Å². The van der Waals surface area contributed by atoms with Crippen molar-refractivity contribution in [2.24, 2.45) is 0 Å². The van der Waals surface area contributed by atoms with Gasteiger partial charge in [-0.3, -0.25) is 9.69 Å². The second-order valence-electron chi connectivity index (χ2n) is 5.75. The Labute approximate surface area is 152 Å². The van der Waals surface area contributed by atoms with Crippen LogP contribution in [0.15, 0.2) is 51.6 Å². The van der Waals surface area contributed by atoms with E-state index in [2.05, 4.69) is 25.9 Å². The molecule has 1 aromatic carbocycles. The summed E-state index contributed by atoms with van der Waals surface area (Å²) in [7, 11) is 1.96. The van der Waals surface area contributed by atoms with Gasteiger partial charge in [-0.25, -0.2) is 9.97 Å². The average Bonchev–Trinajstić information content (AvgIpc) is 3.04. The summed E-state index contributed by atoms with van der Waals surface area (Å²) in [5.74, 6) is 1.76. The Morgan fingerprint density at radius 1 is 1.12 bits per heavy atom. The van der Waals surface area contributed by atoms with Gasteiger partial charge in [0.15, 0.2) is 16.3 Å². The molecule has 0 unspecified atom stereocenters. The summed E-state index contributed by atoms with van der Waals surface area (Å²) >= 11 is 3.25. The van der Waals surface area contributed by atoms with E-state index >= 15 is 0 Å². The highest BCUT2D eigenvalue weighted by atomic mass is 79.9. The first-order chi connectivity index (χ1) is 12.1. The fourth-order valence-corrected chi connectivity index (χ4v) is 3.08. The highest BCUT2D eigenvalue weighted by molar-refractivity contribution is 9.10. The molecule has 1 amide bonds. The number of anilines is 2. The number of nitrogens with zero attached hydrogens (tertiary/aromatic N) is 4. The standard InChI is InChI=1S/C18H15BrN4O2/c1-22-10-11-23(16(24)9-7-12-6-8-15(19)25-12)18-17(22)20-13-4-2-3-5-14(13)21-18/h2-9H,10-11H2,1H3/b9-7+. The van der Waals surface area contributed by atoms with Crippen LogP contribution in [0.1, 0.15) is 5.76 Å². The van der Waals surface area contributed by atoms with Crippen molar-refractivity contribution in [3.05, 3.63) is 52.9 Å². The van der Waals surface area contributed by atoms with E-state index in [0.717, 1.165) is 11.0 Å². The van der Waals surface area contributed by atoms with Crippen molar-refractivity contribution in [1.29, 1.82) is 0 Å². The molecule has 3 heterocycles. The van der Waals surface area contributed by atoms with Crippen molar-refractivity contribution in [3.63, 3.8) is 0 Å². The molecule has 1 aliphatic heterocycles. The van der Waals surface area contributed by atoms with Crippen LogP contribution in [-0.2, 0) is 4.79 Å². The summed E-state index contributed by atoms with van der Waals surface area (Å²) < 4.78 is 6.02. The van der Waals surface area contributed by atoms with Gasteiger partial charge in [-0.15, -0.1) is 0 Å². The number of amides is 1. The molecule has 4 rings (SSSR count). The predicted molar refractivity (Wildman–Crippen MR) is 101 cm³/mol. The van der Waals surface area contributed by atoms with Gasteiger partial charge in [0.2, 0.25) is 0 Å². The number of fused-ring (bicyclic) bond motifs is 2. The van der Waals surface area contributed by atoms with Crippen molar-refractivity contribution < 1.29 is 9.21 Å². The molecular weight excluding hydrogens is 384 g/mol. The monoisotopic (exact) mass is 398 g/mol. The van der Waals surface area contributed by atoms with Crippen LogP contribution in [0.5, 0.6) is 0 Å². The molecule has 0 N–H and O–H groups in total. The van der Waals surface area contributed by atoms with Gasteiger partial charge < -0.3 is 9.32 Å². The molecule has 0 radical (unpaired) electrons. The lowest BCUT2D eigenvalue weighted by atomic mass is 10.2. The molecule has 126 valence electrons. The SMILES string of the molecule is CN1CCN(C(=O)/C=C/c2ccc(Br)o2)c2nc3ccccc3nc21. The van der Waals surface area contributed by atoms with Gasteiger partial charge in [-0.1, -0.05) is 12.1 Å². The minimum Gasteiger partial charge on any atom is -0.450 e. The van der Waals surface area contributed by atoms with Crippen molar-refractivity contribution >= 4 is 50.6 Å². The first-order valence-corrected chi connectivity index (χ1v) is 8.64. The summed E-state index contributed by atoms with van der Waals surface area (Å²) in [6.45, 7) is 1.26. The van der Waals surface area contributed by atoms with E-state index in [0.29, 0.717) is 35.2 Å². The Morgan fingerprint density at radius 3 is 2.52 bits per heavy atom. The summed E-state index contributed by atoms with van der Waals surface area (Å²) in [4.78, 5) is 25.7. The third-order valence-corrected chi connectivity index (χ3v) is 4.49. The van der Waals surface area contributed by atoms with Gasteiger partial charge in [0.05, 0.1) is 11.0 Å². The molecule has 0 atom stereocenters. The second kappa shape index (κ2) is 6.33. The molecule has 2 aromatic heterocycles. The molecule has 0 saturated heterocycles. The van der Waals surface area contributed by atoms with Crippen LogP contribution in [0.4, 0.5) is 11.6 Å². The zero-order chi connectivity index (χ0) is 17.4.